The summed E-state index contributed by atoms with van der Waals surface area (Å²) < 4.78 is 0. The molecule has 0 radical (unpaired) electrons. The average Bonchev–Trinajstić information content (AvgIpc) is 3.10. The minimum Gasteiger partial charge on any atom is -0.292 e. The molecule has 2 aromatic heterocycles. The van der Waals surface area contributed by atoms with Gasteiger partial charge < -0.3 is 0 Å². The predicted molar refractivity (Wildman–Crippen MR) is 92.3 cm³/mol. The second kappa shape index (κ2) is 4.77. The summed E-state index contributed by atoms with van der Waals surface area (Å²) in [5, 5.41) is 4.06. The average molecular weight is 316 g/mol. The second-order valence-electron chi connectivity index (χ2n) is 5.79. The van der Waals surface area contributed by atoms with Gasteiger partial charge in [-0.15, -0.1) is 11.8 Å². The third kappa shape index (κ3) is 1.82. The number of aromatic nitrogens is 2. The number of carbonyl (C=O) groups excluding carboxylic acids is 1. The van der Waals surface area contributed by atoms with Gasteiger partial charge in [0.05, 0.1) is 22.6 Å². The zero-order valence-electron chi connectivity index (χ0n) is 12.1. The molecule has 2 atom stereocenters. The van der Waals surface area contributed by atoms with Gasteiger partial charge in [-0.3, -0.25) is 14.8 Å². The molecule has 0 amide bonds. The number of nitrogens with zero attached hydrogens (tertiary/aromatic N) is 2. The molecule has 1 aliphatic carbocycles. The largest absolute Gasteiger partial charge is 0.292 e. The van der Waals surface area contributed by atoms with Gasteiger partial charge in [0.2, 0.25) is 0 Å². The van der Waals surface area contributed by atoms with Crippen LogP contribution in [0.1, 0.15) is 21.4 Å². The molecular weight excluding hydrogens is 304 g/mol. The van der Waals surface area contributed by atoms with E-state index < -0.39 is 0 Å². The number of carbonyl (C=O) groups is 1. The summed E-state index contributed by atoms with van der Waals surface area (Å²) in [5.74, 6) is -0.0206. The maximum atomic E-state index is 12.7. The van der Waals surface area contributed by atoms with Crippen LogP contribution in [0.5, 0.6) is 0 Å². The van der Waals surface area contributed by atoms with Crippen molar-refractivity contribution in [3.63, 3.8) is 0 Å². The van der Waals surface area contributed by atoms with E-state index in [2.05, 4.69) is 23.2 Å². The second-order valence-corrected chi connectivity index (χ2v) is 6.84. The molecule has 110 valence electrons. The predicted octanol–water partition coefficient (Wildman–Crippen LogP) is 4.41. The molecule has 5 rings (SSSR count). The van der Waals surface area contributed by atoms with E-state index in [1.165, 1.54) is 0 Å². The molecule has 0 fully saturated rings. The molecule has 2 aliphatic rings. The third-order valence-electron chi connectivity index (χ3n) is 4.48. The topological polar surface area (TPSA) is 42.9 Å². The lowest BCUT2D eigenvalue weighted by molar-refractivity contribution is 0.0937. The van der Waals surface area contributed by atoms with Crippen LogP contribution in [-0.4, -0.2) is 15.8 Å². The monoisotopic (exact) mass is 316 g/mol. The maximum Gasteiger partial charge on any atom is 0.190 e. The highest BCUT2D eigenvalue weighted by Crippen LogP contribution is 2.49. The van der Waals surface area contributed by atoms with Crippen LogP contribution in [0, 0.1) is 5.92 Å². The van der Waals surface area contributed by atoms with Crippen LogP contribution in [0.25, 0.3) is 22.0 Å². The molecule has 1 aliphatic heterocycles. The Kier molecular flexibility index (Phi) is 2.70. The van der Waals surface area contributed by atoms with Crippen molar-refractivity contribution < 1.29 is 4.79 Å². The van der Waals surface area contributed by atoms with Gasteiger partial charge in [0.25, 0.3) is 0 Å². The Balaban J connectivity index is 1.84. The highest BCUT2D eigenvalue weighted by Gasteiger charge is 2.40. The summed E-state index contributed by atoms with van der Waals surface area (Å²) in [6, 6.07) is 14.2. The molecule has 0 spiro atoms. The highest BCUT2D eigenvalue weighted by molar-refractivity contribution is 8.02. The Bertz CT molecular complexity index is 981. The zero-order chi connectivity index (χ0) is 15.4. The summed E-state index contributed by atoms with van der Waals surface area (Å²) in [6.45, 7) is 0. The van der Waals surface area contributed by atoms with Crippen LogP contribution in [0.3, 0.4) is 0 Å². The number of rotatable bonds is 1. The molecule has 4 heteroatoms. The van der Waals surface area contributed by atoms with Crippen LogP contribution in [0.2, 0.25) is 0 Å². The van der Waals surface area contributed by atoms with Crippen LogP contribution in [0.15, 0.2) is 60.1 Å². The van der Waals surface area contributed by atoms with Crippen LogP contribution >= 0.6 is 11.8 Å². The van der Waals surface area contributed by atoms with Crippen molar-refractivity contribution in [3.8, 4) is 11.3 Å². The first-order valence-electron chi connectivity index (χ1n) is 7.54. The van der Waals surface area contributed by atoms with Crippen molar-refractivity contribution >= 4 is 28.3 Å². The molecule has 0 N–H and O–H groups in total. The van der Waals surface area contributed by atoms with E-state index >= 15 is 0 Å². The standard InChI is InChI=1S/C19H12N2OS/c22-18-13-7-9-23-19(13)17-15-12(6-8-20-16(15)18)10-14(21-17)11-4-2-1-3-5-11/h1-10,13,19H. The van der Waals surface area contributed by atoms with Crippen molar-refractivity contribution in [3.05, 3.63) is 71.5 Å². The van der Waals surface area contributed by atoms with E-state index in [-0.39, 0.29) is 17.0 Å². The van der Waals surface area contributed by atoms with Crippen molar-refractivity contribution in [2.45, 2.75) is 5.25 Å². The van der Waals surface area contributed by atoms with E-state index in [0.717, 1.165) is 27.7 Å². The fourth-order valence-electron chi connectivity index (χ4n) is 3.40. The normalized spacial score (nSPS) is 21.7. The minimum atomic E-state index is -0.135. The highest BCUT2D eigenvalue weighted by atomic mass is 32.2. The number of pyridine rings is 2. The molecule has 3 nitrogen and oxygen atoms in total. The Morgan fingerprint density at radius 2 is 1.96 bits per heavy atom. The van der Waals surface area contributed by atoms with Gasteiger partial charge in [-0.25, -0.2) is 0 Å². The number of hydrogen-bond donors (Lipinski definition) is 0. The number of Topliss-reactive ketones (excluding diaryl/α,β-unsaturated/α-hetero) is 1. The van der Waals surface area contributed by atoms with E-state index in [0.29, 0.717) is 5.69 Å². The Labute approximate surface area is 137 Å². The molecule has 1 aromatic carbocycles. The Hall–Kier alpha value is -2.46. The van der Waals surface area contributed by atoms with Gasteiger partial charge >= 0.3 is 0 Å². The fraction of sp³-hybridized carbons (Fsp3) is 0.105. The Morgan fingerprint density at radius 1 is 1.09 bits per heavy atom. The molecule has 3 aromatic rings. The smallest absolute Gasteiger partial charge is 0.190 e. The fourth-order valence-corrected chi connectivity index (χ4v) is 4.51. The first-order valence-corrected chi connectivity index (χ1v) is 8.48. The van der Waals surface area contributed by atoms with Crippen molar-refractivity contribution in [2.75, 3.05) is 0 Å². The third-order valence-corrected chi connectivity index (χ3v) is 5.61. The molecule has 3 heterocycles. The zero-order valence-corrected chi connectivity index (χ0v) is 13.0. The van der Waals surface area contributed by atoms with Gasteiger partial charge in [0, 0.05) is 17.1 Å². The molecule has 0 bridgehead atoms. The molecule has 0 saturated carbocycles. The quantitative estimate of drug-likeness (QED) is 0.667. The van der Waals surface area contributed by atoms with Gasteiger partial charge in [0.1, 0.15) is 5.69 Å². The van der Waals surface area contributed by atoms with E-state index in [1.807, 2.05) is 35.7 Å². The summed E-state index contributed by atoms with van der Waals surface area (Å²) >= 11 is 1.68. The van der Waals surface area contributed by atoms with Crippen LogP contribution in [-0.2, 0) is 0 Å². The van der Waals surface area contributed by atoms with Crippen LogP contribution in [0.4, 0.5) is 0 Å². The molecular formula is C19H12N2OS. The van der Waals surface area contributed by atoms with Gasteiger partial charge in [-0.1, -0.05) is 36.4 Å². The van der Waals surface area contributed by atoms with E-state index in [4.69, 9.17) is 4.98 Å². The first-order chi connectivity index (χ1) is 11.3. The number of allylic oxidation sites excluding steroid dienone is 1. The van der Waals surface area contributed by atoms with E-state index in [1.54, 1.807) is 18.0 Å². The SMILES string of the molecule is O=C1c2nccc3cc(-c4ccccc4)nc(c23)C2SC=CC12. The lowest BCUT2D eigenvalue weighted by Crippen LogP contribution is -2.24. The lowest BCUT2D eigenvalue weighted by Gasteiger charge is -2.25. The van der Waals surface area contributed by atoms with Gasteiger partial charge in [-0.05, 0) is 22.9 Å². The van der Waals surface area contributed by atoms with Crippen LogP contribution < -0.4 is 0 Å². The number of ketones is 1. The van der Waals surface area contributed by atoms with E-state index in [9.17, 15) is 4.79 Å². The number of benzene rings is 1. The van der Waals surface area contributed by atoms with Crippen molar-refractivity contribution in [2.24, 2.45) is 5.92 Å². The molecule has 2 unspecified atom stereocenters. The maximum absolute atomic E-state index is 12.7. The summed E-state index contributed by atoms with van der Waals surface area (Å²) in [4.78, 5) is 22.0. The van der Waals surface area contributed by atoms with Crippen molar-refractivity contribution in [1.82, 2.24) is 9.97 Å². The summed E-state index contributed by atoms with van der Waals surface area (Å²) in [7, 11) is 0. The van der Waals surface area contributed by atoms with Gasteiger partial charge in [0.15, 0.2) is 5.78 Å². The molecule has 0 saturated heterocycles. The molecule has 23 heavy (non-hydrogen) atoms. The summed E-state index contributed by atoms with van der Waals surface area (Å²) in [6.07, 6.45) is 3.71. The van der Waals surface area contributed by atoms with Crippen molar-refractivity contribution in [1.29, 1.82) is 0 Å². The number of thioether (sulfide) groups is 1. The lowest BCUT2D eigenvalue weighted by atomic mass is 9.85. The Morgan fingerprint density at radius 3 is 2.83 bits per heavy atom. The number of fused-ring (bicyclic) bond motifs is 2. The number of hydrogen-bond acceptors (Lipinski definition) is 4. The first kappa shape index (κ1) is 13.0. The van der Waals surface area contributed by atoms with Gasteiger partial charge in [-0.2, -0.15) is 0 Å². The minimum absolute atomic E-state index is 0.0744. The summed E-state index contributed by atoms with van der Waals surface area (Å²) in [5.41, 5.74) is 3.60.